The Labute approximate surface area is 262 Å². The minimum absolute atomic E-state index is 0.0592. The summed E-state index contributed by atoms with van der Waals surface area (Å²) in [5, 5.41) is 0.330. The van der Waals surface area contributed by atoms with Gasteiger partial charge in [-0.05, 0) is 86.8 Å². The lowest BCUT2D eigenvalue weighted by Gasteiger charge is -2.28. The number of urea groups is 1. The number of amides is 3. The maximum atomic E-state index is 14.3. The number of halogens is 5. The summed E-state index contributed by atoms with van der Waals surface area (Å²) >= 11 is 0. The summed E-state index contributed by atoms with van der Waals surface area (Å²) in [7, 11) is -3.52. The van der Waals surface area contributed by atoms with Crippen molar-refractivity contribution >= 4 is 36.3 Å². The van der Waals surface area contributed by atoms with Gasteiger partial charge in [0.1, 0.15) is 23.0 Å². The van der Waals surface area contributed by atoms with Gasteiger partial charge in [-0.15, -0.1) is 0 Å². The number of hydrogen-bond acceptors (Lipinski definition) is 6. The first kappa shape index (κ1) is 34.9. The zero-order valence-corrected chi connectivity index (χ0v) is 26.4. The molecule has 3 amide bonds. The van der Waals surface area contributed by atoms with Gasteiger partial charge in [0.15, 0.2) is 0 Å². The lowest BCUT2D eigenvalue weighted by atomic mass is 9.97. The smallest absolute Gasteiger partial charge is 0.305 e. The molecule has 1 aliphatic heterocycles. The molecule has 1 fully saturated rings. The SMILES string of the molecule is CCOP(=O)(OCC)c1ccc(CC(=O)Cc2cc(F)ccc2CN2C(=O)N(c3ccc(F)c(C(F)(F)F)c3)C(=O)C2(C)C)cc1. The monoisotopic (exact) mass is 666 g/mol. The fourth-order valence-corrected chi connectivity index (χ4v) is 6.67. The van der Waals surface area contributed by atoms with E-state index in [0.29, 0.717) is 33.5 Å². The van der Waals surface area contributed by atoms with Gasteiger partial charge in [0, 0.05) is 19.4 Å². The third-order valence-electron chi connectivity index (χ3n) is 7.47. The fourth-order valence-electron chi connectivity index (χ4n) is 5.11. The first-order valence-electron chi connectivity index (χ1n) is 14.3. The molecule has 0 saturated carbocycles. The molecule has 8 nitrogen and oxygen atoms in total. The van der Waals surface area contributed by atoms with Crippen molar-refractivity contribution in [3.05, 3.63) is 94.6 Å². The van der Waals surface area contributed by atoms with Gasteiger partial charge >= 0.3 is 19.8 Å². The molecule has 0 radical (unpaired) electrons. The van der Waals surface area contributed by atoms with Gasteiger partial charge in [-0.25, -0.2) is 18.5 Å². The number of benzene rings is 3. The number of anilines is 1. The van der Waals surface area contributed by atoms with E-state index in [9.17, 15) is 40.9 Å². The quantitative estimate of drug-likeness (QED) is 0.118. The highest BCUT2D eigenvalue weighted by atomic mass is 31.2. The zero-order valence-electron chi connectivity index (χ0n) is 25.5. The molecule has 1 heterocycles. The molecule has 0 unspecified atom stereocenters. The van der Waals surface area contributed by atoms with E-state index in [1.165, 1.54) is 19.9 Å². The van der Waals surface area contributed by atoms with Gasteiger partial charge in [0.05, 0.1) is 29.8 Å². The number of rotatable bonds is 12. The third kappa shape index (κ3) is 7.22. The van der Waals surface area contributed by atoms with Crippen molar-refractivity contribution in [3.8, 4) is 0 Å². The maximum absolute atomic E-state index is 14.3. The molecule has 3 aromatic carbocycles. The first-order chi connectivity index (χ1) is 21.5. The summed E-state index contributed by atoms with van der Waals surface area (Å²) in [5.41, 5.74) is -2.47. The Morgan fingerprint density at radius 1 is 0.870 bits per heavy atom. The van der Waals surface area contributed by atoms with Gasteiger partial charge in [-0.2, -0.15) is 13.2 Å². The molecule has 0 aromatic heterocycles. The van der Waals surface area contributed by atoms with Crippen LogP contribution >= 0.6 is 7.60 Å². The van der Waals surface area contributed by atoms with E-state index >= 15 is 0 Å². The van der Waals surface area contributed by atoms with E-state index in [-0.39, 0.29) is 43.9 Å². The van der Waals surface area contributed by atoms with Gasteiger partial charge in [0.2, 0.25) is 0 Å². The molecule has 0 bridgehead atoms. The van der Waals surface area contributed by atoms with Crippen LogP contribution in [0, 0.1) is 11.6 Å². The summed E-state index contributed by atoms with van der Waals surface area (Å²) in [6.45, 7) is 6.24. The number of hydrogen-bond donors (Lipinski definition) is 0. The zero-order chi connectivity index (χ0) is 34.0. The summed E-state index contributed by atoms with van der Waals surface area (Å²) in [4.78, 5) is 41.5. The molecule has 0 N–H and O–H groups in total. The van der Waals surface area contributed by atoms with Crippen molar-refractivity contribution in [2.24, 2.45) is 0 Å². The molecule has 4 rings (SSSR count). The number of alkyl halides is 3. The molecule has 1 saturated heterocycles. The number of carbonyl (C=O) groups is 3. The van der Waals surface area contributed by atoms with Crippen molar-refractivity contribution in [3.63, 3.8) is 0 Å². The highest BCUT2D eigenvalue weighted by Crippen LogP contribution is 2.46. The number of ketones is 1. The third-order valence-corrected chi connectivity index (χ3v) is 9.60. The Bertz CT molecular complexity index is 1680. The molecule has 3 aromatic rings. The molecule has 46 heavy (non-hydrogen) atoms. The normalized spacial score (nSPS) is 15.2. The largest absolute Gasteiger partial charge is 0.419 e. The van der Waals surface area contributed by atoms with E-state index in [2.05, 4.69) is 0 Å². The minimum atomic E-state index is -5.06. The predicted octanol–water partition coefficient (Wildman–Crippen LogP) is 6.98. The van der Waals surface area contributed by atoms with Crippen LogP contribution in [0.1, 0.15) is 49.9 Å². The highest BCUT2D eigenvalue weighted by molar-refractivity contribution is 7.62. The van der Waals surface area contributed by atoms with Crippen molar-refractivity contribution in [1.82, 2.24) is 4.90 Å². The molecule has 0 atom stereocenters. The number of carbonyl (C=O) groups excluding carboxylic acids is 3. The van der Waals surface area contributed by atoms with Crippen molar-refractivity contribution in [2.45, 2.75) is 58.8 Å². The Hall–Kier alpha value is -3.93. The molecule has 246 valence electrons. The molecule has 0 aliphatic carbocycles. The van der Waals surface area contributed by atoms with E-state index in [1.807, 2.05) is 0 Å². The molecular weight excluding hydrogens is 634 g/mol. The maximum Gasteiger partial charge on any atom is 0.419 e. The second-order valence-corrected chi connectivity index (χ2v) is 13.1. The Morgan fingerprint density at radius 3 is 2.09 bits per heavy atom. The minimum Gasteiger partial charge on any atom is -0.305 e. The fraction of sp³-hybridized carbons (Fsp3) is 0.344. The van der Waals surface area contributed by atoms with Crippen LogP contribution < -0.4 is 10.2 Å². The van der Waals surface area contributed by atoms with Crippen molar-refractivity contribution in [1.29, 1.82) is 0 Å². The van der Waals surface area contributed by atoms with E-state index < -0.39 is 54.1 Å². The summed E-state index contributed by atoms with van der Waals surface area (Å²) in [6.07, 6.45) is -5.36. The van der Waals surface area contributed by atoms with E-state index in [1.54, 1.807) is 38.1 Å². The van der Waals surface area contributed by atoms with Crippen LogP contribution in [-0.4, -0.2) is 41.4 Å². The van der Waals surface area contributed by atoms with Crippen LogP contribution in [0.3, 0.4) is 0 Å². The molecule has 14 heteroatoms. The summed E-state index contributed by atoms with van der Waals surface area (Å²) in [6, 6.07) is 10.8. The second kappa shape index (κ2) is 13.4. The molecule has 0 spiro atoms. The standard InChI is InChI=1S/C32H32F5N2O6P/c1-5-44-46(43,45-6-2)26-12-7-20(8-13-26)15-25(40)17-22-16-23(33)10-9-21(22)19-38-30(42)39(29(41)31(38,3)4)24-11-14-28(34)27(18-24)32(35,36)37/h7-14,16,18H,5-6,15,17,19H2,1-4H3. The van der Waals surface area contributed by atoms with Crippen molar-refractivity contribution in [2.75, 3.05) is 18.1 Å². The average molecular weight is 667 g/mol. The van der Waals surface area contributed by atoms with Crippen LogP contribution in [0.15, 0.2) is 60.7 Å². The Balaban J connectivity index is 1.55. The average Bonchev–Trinajstić information content (AvgIpc) is 3.13. The van der Waals surface area contributed by atoms with Gasteiger partial charge in [-0.1, -0.05) is 18.2 Å². The van der Waals surface area contributed by atoms with Crippen LogP contribution in [0.5, 0.6) is 0 Å². The second-order valence-electron chi connectivity index (χ2n) is 11.0. The topological polar surface area (TPSA) is 93.2 Å². The van der Waals surface area contributed by atoms with E-state index in [0.717, 1.165) is 23.1 Å². The van der Waals surface area contributed by atoms with Gasteiger partial charge in [-0.3, -0.25) is 14.2 Å². The first-order valence-corrected chi connectivity index (χ1v) is 15.9. The summed E-state index contributed by atoms with van der Waals surface area (Å²) in [5.74, 6) is -3.36. The summed E-state index contributed by atoms with van der Waals surface area (Å²) < 4.78 is 92.0. The van der Waals surface area contributed by atoms with Crippen molar-refractivity contribution < 1.29 is 49.9 Å². The highest BCUT2D eigenvalue weighted by Gasteiger charge is 2.52. The van der Waals surface area contributed by atoms with Gasteiger partial charge < -0.3 is 13.9 Å². The molecule has 1 aliphatic rings. The lowest BCUT2D eigenvalue weighted by Crippen LogP contribution is -2.43. The Kier molecular flexibility index (Phi) is 10.2. The van der Waals surface area contributed by atoms with E-state index in [4.69, 9.17) is 9.05 Å². The lowest BCUT2D eigenvalue weighted by molar-refractivity contribution is -0.140. The number of imide groups is 1. The Morgan fingerprint density at radius 2 is 1.50 bits per heavy atom. The number of nitrogens with zero attached hydrogens (tertiary/aromatic N) is 2. The van der Waals surface area contributed by atoms with Crippen LogP contribution in [0.4, 0.5) is 32.4 Å². The molecular formula is C32H32F5N2O6P. The van der Waals surface area contributed by atoms with Crippen LogP contribution in [0.25, 0.3) is 0 Å². The van der Waals surface area contributed by atoms with Gasteiger partial charge in [0.25, 0.3) is 5.91 Å². The number of Topliss-reactive ketones (excluding diaryl/α,β-unsaturated/α-hetero) is 1. The van der Waals surface area contributed by atoms with Crippen LogP contribution in [-0.2, 0) is 48.8 Å². The van der Waals surface area contributed by atoms with Crippen LogP contribution in [0.2, 0.25) is 0 Å². The predicted molar refractivity (Wildman–Crippen MR) is 160 cm³/mol.